The Morgan fingerprint density at radius 3 is 2.42 bits per heavy atom. The van der Waals surface area contributed by atoms with E-state index < -0.39 is 64.1 Å². The summed E-state index contributed by atoms with van der Waals surface area (Å²) in [4.78, 5) is 62.9. The lowest BCUT2D eigenvalue weighted by Crippen LogP contribution is -2.65. The fraction of sp³-hybridized carbons (Fsp3) is 0.759. The second-order valence-corrected chi connectivity index (χ2v) is 12.7. The molecule has 210 valence electrons. The number of ketones is 2. The average molecular weight is 551 g/mol. The summed E-state index contributed by atoms with van der Waals surface area (Å²) in [7, 11) is 0. The van der Waals surface area contributed by atoms with E-state index in [2.05, 4.69) is 0 Å². The van der Waals surface area contributed by atoms with Gasteiger partial charge in [0, 0.05) is 30.6 Å². The second-order valence-electron chi connectivity index (χ2n) is 12.2. The van der Waals surface area contributed by atoms with Gasteiger partial charge in [0.25, 0.3) is 0 Å². The number of ether oxygens (including phenoxy) is 2. The number of carbonyl (C=O) groups excluding carboxylic acids is 5. The normalized spacial score (nSPS) is 43.7. The highest BCUT2D eigenvalue weighted by molar-refractivity contribution is 6.22. The minimum atomic E-state index is -1.60. The Bertz CT molecular complexity index is 1070. The lowest BCUT2D eigenvalue weighted by Gasteiger charge is -2.61. The van der Waals surface area contributed by atoms with Gasteiger partial charge < -0.3 is 19.4 Å². The molecule has 0 aromatic heterocycles. The predicted molar refractivity (Wildman–Crippen MR) is 138 cm³/mol. The van der Waals surface area contributed by atoms with Crippen molar-refractivity contribution in [3.63, 3.8) is 0 Å². The van der Waals surface area contributed by atoms with Crippen molar-refractivity contribution in [3.8, 4) is 0 Å². The summed E-state index contributed by atoms with van der Waals surface area (Å²) < 4.78 is 11.3. The van der Waals surface area contributed by atoms with Gasteiger partial charge in [-0.1, -0.05) is 46.3 Å². The fourth-order valence-corrected chi connectivity index (χ4v) is 9.08. The summed E-state index contributed by atoms with van der Waals surface area (Å²) in [6, 6.07) is 0. The van der Waals surface area contributed by atoms with Crippen molar-refractivity contribution in [2.24, 2.45) is 40.4 Å². The molecule has 0 heterocycles. The van der Waals surface area contributed by atoms with Crippen LogP contribution in [0, 0.1) is 40.4 Å². The summed E-state index contributed by atoms with van der Waals surface area (Å²) in [5, 5.41) is 11.3. The van der Waals surface area contributed by atoms with Gasteiger partial charge >= 0.3 is 11.9 Å². The molecule has 0 bridgehead atoms. The number of Topliss-reactive ketones (excluding diaryl/α,β-unsaturated/α-hetero) is 2. The largest absolute Gasteiger partial charge is 0.457 e. The molecule has 1 N–H and O–H groups in total. The van der Waals surface area contributed by atoms with E-state index in [0.29, 0.717) is 19.1 Å². The first-order valence-electron chi connectivity index (χ1n) is 13.7. The maximum Gasteiger partial charge on any atom is 0.306 e. The Morgan fingerprint density at radius 2 is 1.82 bits per heavy atom. The van der Waals surface area contributed by atoms with Crippen molar-refractivity contribution in [3.05, 3.63) is 11.6 Å². The summed E-state index contributed by atoms with van der Waals surface area (Å²) in [5.41, 5.74) is -2.32. The Balaban J connectivity index is 1.80. The summed E-state index contributed by atoms with van der Waals surface area (Å²) in [5.74, 6) is -3.65. The van der Waals surface area contributed by atoms with Crippen molar-refractivity contribution < 1.29 is 38.6 Å². The molecule has 0 saturated heterocycles. The molecule has 3 saturated carbocycles. The zero-order valence-electron chi connectivity index (χ0n) is 22.8. The minimum Gasteiger partial charge on any atom is -0.457 e. The molecule has 10 atom stereocenters. The van der Waals surface area contributed by atoms with E-state index in [4.69, 9.17) is 21.1 Å². The number of aliphatic hydroxyl groups excluding tert-OH is 1. The van der Waals surface area contributed by atoms with E-state index in [1.807, 2.05) is 26.8 Å². The highest BCUT2D eigenvalue weighted by Gasteiger charge is 2.74. The van der Waals surface area contributed by atoms with Crippen LogP contribution >= 0.6 is 11.6 Å². The lowest BCUT2D eigenvalue weighted by molar-refractivity contribution is -0.206. The molecular formula is C29H39ClO8. The molecule has 9 heteroatoms. The molecule has 38 heavy (non-hydrogen) atoms. The number of aldehydes is 1. The first-order valence-corrected chi connectivity index (χ1v) is 14.2. The smallest absolute Gasteiger partial charge is 0.306 e. The van der Waals surface area contributed by atoms with E-state index >= 15 is 0 Å². The number of fused-ring (bicyclic) bond motifs is 5. The Kier molecular flexibility index (Phi) is 7.74. The number of allylic oxidation sites excluding steroid dienone is 2. The van der Waals surface area contributed by atoms with Gasteiger partial charge in [-0.15, -0.1) is 11.6 Å². The summed E-state index contributed by atoms with van der Waals surface area (Å²) >= 11 is 7.03. The molecule has 0 aromatic carbocycles. The number of rotatable bonds is 7. The number of hydrogen-bond donors (Lipinski definition) is 1. The first-order chi connectivity index (χ1) is 17.8. The third-order valence-electron chi connectivity index (χ3n) is 10.3. The van der Waals surface area contributed by atoms with Crippen molar-refractivity contribution in [2.45, 2.75) is 90.2 Å². The number of alkyl halides is 1. The van der Waals surface area contributed by atoms with Crippen LogP contribution in [-0.4, -0.2) is 58.6 Å². The van der Waals surface area contributed by atoms with Gasteiger partial charge in [0.2, 0.25) is 5.78 Å². The van der Waals surface area contributed by atoms with Crippen LogP contribution in [0.15, 0.2) is 11.6 Å². The molecule has 3 fully saturated rings. The summed E-state index contributed by atoms with van der Waals surface area (Å²) in [6.07, 6.45) is 3.00. The predicted octanol–water partition coefficient (Wildman–Crippen LogP) is 3.59. The van der Waals surface area contributed by atoms with Gasteiger partial charge in [-0.2, -0.15) is 0 Å². The lowest BCUT2D eigenvalue weighted by atomic mass is 9.45. The van der Waals surface area contributed by atoms with Crippen molar-refractivity contribution >= 4 is 41.4 Å². The Labute approximate surface area is 228 Å². The van der Waals surface area contributed by atoms with Gasteiger partial charge in [0.15, 0.2) is 12.2 Å². The maximum absolute atomic E-state index is 13.9. The highest BCUT2D eigenvalue weighted by atomic mass is 35.5. The molecule has 4 rings (SSSR count). The van der Waals surface area contributed by atoms with Gasteiger partial charge in [-0.25, -0.2) is 0 Å². The standard InChI is InChI=1S/C29H39ClO8/c1-6-23(35)37-14-22(34)29(38-24(36)7-2)15(3)8-18-25-19(30)9-17-10-20(32)16(13-31)11-27(17,4)26(25)21(33)12-28(18,29)5/h9,13,15-16,18-19,21,25-26,33H,6-8,10-12,14H2,1-5H3/t15-,16?,18+,19-,21+,25-,26+,27+,28+,29?/m1/s1. The molecule has 0 aromatic rings. The number of hydrogen-bond acceptors (Lipinski definition) is 8. The van der Waals surface area contributed by atoms with Crippen LogP contribution in [-0.2, 0) is 33.4 Å². The average Bonchev–Trinajstić information content (AvgIpc) is 3.09. The summed E-state index contributed by atoms with van der Waals surface area (Å²) in [6.45, 7) is 8.52. The van der Waals surface area contributed by atoms with Crippen LogP contribution in [0.1, 0.15) is 73.1 Å². The molecular weight excluding hydrogens is 512 g/mol. The van der Waals surface area contributed by atoms with E-state index in [9.17, 15) is 29.1 Å². The van der Waals surface area contributed by atoms with Crippen LogP contribution in [0.3, 0.4) is 0 Å². The zero-order valence-corrected chi connectivity index (χ0v) is 23.6. The van der Waals surface area contributed by atoms with E-state index in [-0.39, 0.29) is 49.2 Å². The van der Waals surface area contributed by atoms with Crippen molar-refractivity contribution in [2.75, 3.05) is 6.61 Å². The van der Waals surface area contributed by atoms with Crippen LogP contribution in [0.5, 0.6) is 0 Å². The topological polar surface area (TPSA) is 124 Å². The van der Waals surface area contributed by atoms with Gasteiger partial charge in [-0.3, -0.25) is 19.2 Å². The maximum atomic E-state index is 13.9. The van der Waals surface area contributed by atoms with Gasteiger partial charge in [-0.05, 0) is 42.4 Å². The Hall–Kier alpha value is -2.06. The van der Waals surface area contributed by atoms with Crippen LogP contribution < -0.4 is 0 Å². The quantitative estimate of drug-likeness (QED) is 0.168. The van der Waals surface area contributed by atoms with Crippen LogP contribution in [0.25, 0.3) is 0 Å². The fourth-order valence-electron chi connectivity index (χ4n) is 8.59. The van der Waals surface area contributed by atoms with Crippen molar-refractivity contribution in [1.29, 1.82) is 0 Å². The number of aliphatic hydroxyl groups is 1. The highest BCUT2D eigenvalue weighted by Crippen LogP contribution is 2.70. The SMILES string of the molecule is CCC(=O)OCC(=O)C1(OC(=O)CC)[C@H](C)C[C@H]2[C@H]3[C@H]([C@@H](O)C[C@@]21C)[C@@]1(C)CC(C=O)C(=O)CC1=C[C@H]3Cl. The third kappa shape index (κ3) is 4.09. The molecule has 4 aliphatic carbocycles. The van der Waals surface area contributed by atoms with Gasteiger partial charge in [0.1, 0.15) is 12.1 Å². The van der Waals surface area contributed by atoms with Crippen LogP contribution in [0.2, 0.25) is 0 Å². The number of esters is 2. The zero-order chi connectivity index (χ0) is 28.2. The molecule has 8 nitrogen and oxygen atoms in total. The molecule has 0 radical (unpaired) electrons. The second kappa shape index (κ2) is 10.2. The van der Waals surface area contributed by atoms with Crippen LogP contribution in [0.4, 0.5) is 0 Å². The van der Waals surface area contributed by atoms with Crippen molar-refractivity contribution in [1.82, 2.24) is 0 Å². The molecule has 0 amide bonds. The number of halogens is 1. The molecule has 0 aliphatic heterocycles. The number of carbonyl (C=O) groups is 5. The van der Waals surface area contributed by atoms with E-state index in [1.54, 1.807) is 13.8 Å². The van der Waals surface area contributed by atoms with E-state index in [1.165, 1.54) is 0 Å². The Morgan fingerprint density at radius 1 is 1.16 bits per heavy atom. The first kappa shape index (κ1) is 28.9. The third-order valence-corrected chi connectivity index (χ3v) is 10.7. The molecule has 4 aliphatic rings. The monoisotopic (exact) mass is 550 g/mol. The molecule has 2 unspecified atom stereocenters. The van der Waals surface area contributed by atoms with E-state index in [0.717, 1.165) is 5.57 Å². The molecule has 0 spiro atoms. The van der Waals surface area contributed by atoms with Gasteiger partial charge in [0.05, 0.1) is 17.4 Å². The minimum absolute atomic E-state index is 0.0647.